The Kier molecular flexibility index (Phi) is 6.40. The van der Waals surface area contributed by atoms with Gasteiger partial charge in [-0.15, -0.1) is 11.6 Å². The van der Waals surface area contributed by atoms with Gasteiger partial charge in [-0.3, -0.25) is 0 Å². The zero-order valence-electron chi connectivity index (χ0n) is 12.2. The van der Waals surface area contributed by atoms with E-state index < -0.39 is 0 Å². The molecule has 0 aliphatic rings. The second-order valence-electron chi connectivity index (χ2n) is 4.62. The molecule has 0 amide bonds. The van der Waals surface area contributed by atoms with Crippen molar-refractivity contribution in [3.63, 3.8) is 0 Å². The number of benzene rings is 2. The van der Waals surface area contributed by atoms with Gasteiger partial charge in [-0.1, -0.05) is 30.9 Å². The van der Waals surface area contributed by atoms with Crippen LogP contribution in [0, 0.1) is 11.8 Å². The van der Waals surface area contributed by atoms with Gasteiger partial charge in [-0.05, 0) is 41.5 Å². The molecule has 0 aliphatic carbocycles. The van der Waals surface area contributed by atoms with Crippen molar-refractivity contribution >= 4 is 22.4 Å². The van der Waals surface area contributed by atoms with Crippen LogP contribution in [-0.4, -0.2) is 25.7 Å². The maximum Gasteiger partial charge on any atom is 0.120 e. The Morgan fingerprint density at radius 2 is 1.81 bits per heavy atom. The Bertz CT molecular complexity index is 640. The Morgan fingerprint density at radius 3 is 2.62 bits per heavy atom. The van der Waals surface area contributed by atoms with Gasteiger partial charge in [0, 0.05) is 12.2 Å². The molecule has 2 rings (SSSR count). The summed E-state index contributed by atoms with van der Waals surface area (Å²) in [6.07, 6.45) is 1.03. The van der Waals surface area contributed by atoms with Crippen molar-refractivity contribution in [3.8, 4) is 17.6 Å². The Hall–Kier alpha value is -1.69. The molecule has 0 fully saturated rings. The van der Waals surface area contributed by atoms with Crippen molar-refractivity contribution in [2.24, 2.45) is 0 Å². The smallest absolute Gasteiger partial charge is 0.120 e. The quantitative estimate of drug-likeness (QED) is 0.451. The van der Waals surface area contributed by atoms with Gasteiger partial charge in [0.2, 0.25) is 0 Å². The fourth-order valence-electron chi connectivity index (χ4n) is 1.99. The Morgan fingerprint density at radius 1 is 1.00 bits per heavy atom. The number of hydrogen-bond donors (Lipinski definition) is 0. The summed E-state index contributed by atoms with van der Waals surface area (Å²) in [7, 11) is 0. The maximum atomic E-state index is 5.69. The van der Waals surface area contributed by atoms with Crippen molar-refractivity contribution in [3.05, 3.63) is 42.0 Å². The van der Waals surface area contributed by atoms with E-state index in [0.29, 0.717) is 19.1 Å². The molecular weight excluding hydrogens is 284 g/mol. The molecule has 0 bridgehead atoms. The number of fused-ring (bicyclic) bond motifs is 1. The zero-order chi connectivity index (χ0) is 14.9. The van der Waals surface area contributed by atoms with Crippen LogP contribution in [0.25, 0.3) is 10.8 Å². The highest BCUT2D eigenvalue weighted by Crippen LogP contribution is 2.21. The first-order chi connectivity index (χ1) is 10.3. The molecular formula is C18H19ClO2. The predicted molar refractivity (Wildman–Crippen MR) is 88.2 cm³/mol. The first-order valence-electron chi connectivity index (χ1n) is 7.12. The molecule has 2 nitrogen and oxygen atoms in total. The molecule has 0 N–H and O–H groups in total. The van der Waals surface area contributed by atoms with Crippen LogP contribution in [0.2, 0.25) is 0 Å². The van der Waals surface area contributed by atoms with E-state index in [2.05, 4.69) is 24.8 Å². The zero-order valence-corrected chi connectivity index (χ0v) is 13.0. The molecule has 21 heavy (non-hydrogen) atoms. The lowest BCUT2D eigenvalue weighted by molar-refractivity contribution is 0.101. The molecule has 0 saturated heterocycles. The second kappa shape index (κ2) is 8.56. The van der Waals surface area contributed by atoms with Gasteiger partial charge in [-0.25, -0.2) is 0 Å². The van der Waals surface area contributed by atoms with Crippen LogP contribution in [0.5, 0.6) is 5.75 Å². The molecule has 2 aromatic carbocycles. The predicted octanol–water partition coefficient (Wildman–Crippen LogP) is 4.24. The van der Waals surface area contributed by atoms with E-state index in [1.54, 1.807) is 0 Å². The summed E-state index contributed by atoms with van der Waals surface area (Å²) in [5.41, 5.74) is 0.977. The number of hydrogen-bond acceptors (Lipinski definition) is 2. The van der Waals surface area contributed by atoms with Crippen molar-refractivity contribution in [2.45, 2.75) is 13.3 Å². The number of ether oxygens (including phenoxy) is 2. The summed E-state index contributed by atoms with van der Waals surface area (Å²) >= 11 is 5.57. The summed E-state index contributed by atoms with van der Waals surface area (Å²) in [5.74, 6) is 7.10. The molecule has 0 aromatic heterocycles. The van der Waals surface area contributed by atoms with Crippen LogP contribution in [-0.2, 0) is 4.74 Å². The fourth-order valence-corrected chi connectivity index (χ4v) is 2.06. The van der Waals surface area contributed by atoms with E-state index in [-0.39, 0.29) is 0 Å². The third-order valence-corrected chi connectivity index (χ3v) is 3.09. The van der Waals surface area contributed by atoms with Crippen LogP contribution in [0.1, 0.15) is 18.9 Å². The van der Waals surface area contributed by atoms with E-state index >= 15 is 0 Å². The number of halogens is 1. The van der Waals surface area contributed by atoms with Crippen LogP contribution < -0.4 is 4.74 Å². The highest BCUT2D eigenvalue weighted by Gasteiger charge is 1.99. The lowest BCUT2D eigenvalue weighted by atomic mass is 10.1. The summed E-state index contributed by atoms with van der Waals surface area (Å²) in [4.78, 5) is 0. The summed E-state index contributed by atoms with van der Waals surface area (Å²) in [6, 6.07) is 12.2. The van der Waals surface area contributed by atoms with Gasteiger partial charge >= 0.3 is 0 Å². The van der Waals surface area contributed by atoms with Crippen LogP contribution in [0.4, 0.5) is 0 Å². The highest BCUT2D eigenvalue weighted by molar-refractivity contribution is 6.19. The SMILES string of the molecule is CCCOCCOc1ccc2cc(C#CCCl)ccc2c1. The van der Waals surface area contributed by atoms with Gasteiger partial charge in [0.05, 0.1) is 12.5 Å². The first-order valence-corrected chi connectivity index (χ1v) is 7.66. The van der Waals surface area contributed by atoms with Crippen LogP contribution in [0.15, 0.2) is 36.4 Å². The topological polar surface area (TPSA) is 18.5 Å². The van der Waals surface area contributed by atoms with Gasteiger partial charge in [-0.2, -0.15) is 0 Å². The molecule has 0 atom stereocenters. The lowest BCUT2D eigenvalue weighted by Gasteiger charge is -2.08. The summed E-state index contributed by atoms with van der Waals surface area (Å²) < 4.78 is 11.1. The second-order valence-corrected chi connectivity index (χ2v) is 4.89. The summed E-state index contributed by atoms with van der Waals surface area (Å²) in [5, 5.41) is 2.28. The maximum absolute atomic E-state index is 5.69. The molecule has 0 radical (unpaired) electrons. The minimum absolute atomic E-state index is 0.352. The van der Waals surface area contributed by atoms with E-state index in [0.717, 1.165) is 35.1 Å². The van der Waals surface area contributed by atoms with Crippen molar-refractivity contribution in [2.75, 3.05) is 25.7 Å². The Balaban J connectivity index is 2.01. The van der Waals surface area contributed by atoms with E-state index in [9.17, 15) is 0 Å². The first kappa shape index (κ1) is 15.7. The molecule has 0 aliphatic heterocycles. The largest absolute Gasteiger partial charge is 0.491 e. The van der Waals surface area contributed by atoms with Gasteiger partial charge in [0.1, 0.15) is 12.4 Å². The molecule has 0 unspecified atom stereocenters. The molecule has 110 valence electrons. The molecule has 2 aromatic rings. The average Bonchev–Trinajstić information content (AvgIpc) is 2.52. The van der Waals surface area contributed by atoms with Gasteiger partial charge < -0.3 is 9.47 Å². The monoisotopic (exact) mass is 302 g/mol. The van der Waals surface area contributed by atoms with E-state index in [1.165, 1.54) is 0 Å². The van der Waals surface area contributed by atoms with Crippen LogP contribution >= 0.6 is 11.6 Å². The normalized spacial score (nSPS) is 10.2. The third-order valence-electron chi connectivity index (χ3n) is 2.96. The third kappa shape index (κ3) is 4.97. The molecule has 3 heteroatoms. The van der Waals surface area contributed by atoms with E-state index in [4.69, 9.17) is 21.1 Å². The van der Waals surface area contributed by atoms with Crippen molar-refractivity contribution in [1.82, 2.24) is 0 Å². The Labute approximate surface area is 131 Å². The number of alkyl halides is 1. The lowest BCUT2D eigenvalue weighted by Crippen LogP contribution is -2.06. The van der Waals surface area contributed by atoms with Gasteiger partial charge in [0.15, 0.2) is 0 Å². The number of rotatable bonds is 6. The van der Waals surface area contributed by atoms with E-state index in [1.807, 2.05) is 30.3 Å². The van der Waals surface area contributed by atoms with Crippen molar-refractivity contribution in [1.29, 1.82) is 0 Å². The highest BCUT2D eigenvalue weighted by atomic mass is 35.5. The molecule has 0 spiro atoms. The standard InChI is InChI=1S/C18H19ClO2/c1-2-10-20-11-12-21-18-8-7-16-13-15(4-3-9-19)5-6-17(16)14-18/h5-8,13-14H,2,9-12H2,1H3. The van der Waals surface area contributed by atoms with Gasteiger partial charge in [0.25, 0.3) is 0 Å². The average molecular weight is 303 g/mol. The molecule has 0 saturated carbocycles. The minimum atomic E-state index is 0.352. The van der Waals surface area contributed by atoms with Crippen LogP contribution in [0.3, 0.4) is 0 Å². The summed E-state index contributed by atoms with van der Waals surface area (Å²) in [6.45, 7) is 4.08. The fraction of sp³-hybridized carbons (Fsp3) is 0.333. The van der Waals surface area contributed by atoms with Crippen molar-refractivity contribution < 1.29 is 9.47 Å². The molecule has 0 heterocycles. The minimum Gasteiger partial charge on any atom is -0.491 e.